The minimum atomic E-state index is -1.10. The van der Waals surface area contributed by atoms with E-state index in [4.69, 9.17) is 4.74 Å². The second-order valence-corrected chi connectivity index (χ2v) is 5.06. The largest absolute Gasteiger partial charge is 0.504 e. The number of phenolic OH excluding ortho intramolecular Hbond substituents is 1. The van der Waals surface area contributed by atoms with Gasteiger partial charge in [-0.2, -0.15) is 0 Å². The Morgan fingerprint density at radius 2 is 2.24 bits per heavy atom. The Morgan fingerprint density at radius 3 is 2.76 bits per heavy atom. The van der Waals surface area contributed by atoms with Gasteiger partial charge in [0.15, 0.2) is 11.5 Å². The molecule has 0 unspecified atom stereocenters. The maximum atomic E-state index is 11.3. The van der Waals surface area contributed by atoms with Gasteiger partial charge in [-0.15, -0.1) is 5.10 Å². The van der Waals surface area contributed by atoms with Crippen molar-refractivity contribution in [2.45, 2.75) is 12.1 Å². The van der Waals surface area contributed by atoms with Crippen molar-refractivity contribution in [1.82, 2.24) is 15.2 Å². The number of nitrogens with one attached hydrogen (secondary N) is 1. The number of aromatic nitrogens is 3. The van der Waals surface area contributed by atoms with Crippen LogP contribution in [-0.4, -0.2) is 38.5 Å². The lowest BCUT2D eigenvalue weighted by Gasteiger charge is -2.04. The molecular formula is C13H13N3O4S. The first-order valence-corrected chi connectivity index (χ1v) is 6.70. The Kier molecular flexibility index (Phi) is 4.49. The molecule has 2 aromatic rings. The summed E-state index contributed by atoms with van der Waals surface area (Å²) in [5, 5.41) is 25.8. The Bertz CT molecular complexity index is 696. The summed E-state index contributed by atoms with van der Waals surface area (Å²) in [6.45, 7) is 1.72. The van der Waals surface area contributed by atoms with Crippen molar-refractivity contribution in [3.05, 3.63) is 34.5 Å². The zero-order valence-corrected chi connectivity index (χ0v) is 12.1. The number of thioether (sulfide) groups is 1. The van der Waals surface area contributed by atoms with E-state index in [1.165, 1.54) is 19.3 Å². The van der Waals surface area contributed by atoms with E-state index in [1.807, 2.05) is 0 Å². The van der Waals surface area contributed by atoms with Gasteiger partial charge in [-0.05, 0) is 42.5 Å². The molecule has 7 nitrogen and oxygen atoms in total. The first-order valence-electron chi connectivity index (χ1n) is 5.88. The molecule has 0 aliphatic carbocycles. The number of carbonyl (C=O) groups is 1. The molecular weight excluding hydrogens is 294 g/mol. The lowest BCUT2D eigenvalue weighted by atomic mass is 10.2. The van der Waals surface area contributed by atoms with Crippen molar-refractivity contribution in [2.24, 2.45) is 0 Å². The SMILES string of the molecule is COc1ccc(/C=C(\Sc2n[nH]c(C)n2)C(=O)O)cc1O. The van der Waals surface area contributed by atoms with Gasteiger partial charge in [-0.3, -0.25) is 5.10 Å². The number of hydrogen-bond acceptors (Lipinski definition) is 6. The van der Waals surface area contributed by atoms with Gasteiger partial charge in [-0.25, -0.2) is 9.78 Å². The summed E-state index contributed by atoms with van der Waals surface area (Å²) in [7, 11) is 1.44. The van der Waals surface area contributed by atoms with E-state index < -0.39 is 5.97 Å². The minimum Gasteiger partial charge on any atom is -0.504 e. The number of benzene rings is 1. The molecule has 3 N–H and O–H groups in total. The van der Waals surface area contributed by atoms with Crippen LogP contribution in [0.3, 0.4) is 0 Å². The van der Waals surface area contributed by atoms with Crippen molar-refractivity contribution < 1.29 is 19.7 Å². The highest BCUT2D eigenvalue weighted by molar-refractivity contribution is 8.04. The average molecular weight is 307 g/mol. The van der Waals surface area contributed by atoms with E-state index >= 15 is 0 Å². The van der Waals surface area contributed by atoms with Gasteiger partial charge in [0.05, 0.1) is 7.11 Å². The summed E-state index contributed by atoms with van der Waals surface area (Å²) < 4.78 is 4.93. The Hall–Kier alpha value is -2.48. The molecule has 8 heteroatoms. The normalized spacial score (nSPS) is 11.4. The third kappa shape index (κ3) is 3.76. The van der Waals surface area contributed by atoms with Crippen molar-refractivity contribution in [3.8, 4) is 11.5 Å². The van der Waals surface area contributed by atoms with Gasteiger partial charge < -0.3 is 14.9 Å². The number of nitrogens with zero attached hydrogens (tertiary/aromatic N) is 2. The lowest BCUT2D eigenvalue weighted by molar-refractivity contribution is -0.131. The Labute approximate surface area is 124 Å². The predicted molar refractivity (Wildman–Crippen MR) is 77.2 cm³/mol. The van der Waals surface area contributed by atoms with Gasteiger partial charge in [0, 0.05) is 0 Å². The van der Waals surface area contributed by atoms with Crippen LogP contribution >= 0.6 is 11.8 Å². The molecule has 0 saturated carbocycles. The highest BCUT2D eigenvalue weighted by Crippen LogP contribution is 2.30. The van der Waals surface area contributed by atoms with Crippen molar-refractivity contribution >= 4 is 23.8 Å². The molecule has 21 heavy (non-hydrogen) atoms. The van der Waals surface area contributed by atoms with Crippen LogP contribution in [0.1, 0.15) is 11.4 Å². The van der Waals surface area contributed by atoms with Gasteiger partial charge in [0.2, 0.25) is 5.16 Å². The number of rotatable bonds is 5. The highest BCUT2D eigenvalue weighted by atomic mass is 32.2. The zero-order chi connectivity index (χ0) is 15.4. The number of H-pyrrole nitrogens is 1. The highest BCUT2D eigenvalue weighted by Gasteiger charge is 2.13. The molecule has 0 radical (unpaired) electrons. The fourth-order valence-corrected chi connectivity index (χ4v) is 2.30. The molecule has 0 aliphatic heterocycles. The number of carboxylic acid groups (broad SMARTS) is 1. The first-order chi connectivity index (χ1) is 9.99. The molecule has 0 amide bonds. The molecule has 0 fully saturated rings. The second-order valence-electron chi connectivity index (χ2n) is 4.05. The number of carboxylic acids is 1. The molecule has 0 spiro atoms. The maximum absolute atomic E-state index is 11.3. The van der Waals surface area contributed by atoms with Crippen LogP contribution in [0.15, 0.2) is 28.3 Å². The fraction of sp³-hybridized carbons (Fsp3) is 0.154. The second kappa shape index (κ2) is 6.31. The fourth-order valence-electron chi connectivity index (χ4n) is 1.55. The zero-order valence-electron chi connectivity index (χ0n) is 11.3. The molecule has 110 valence electrons. The molecule has 0 bridgehead atoms. The predicted octanol–water partition coefficient (Wildman–Crippen LogP) is 2.05. The van der Waals surface area contributed by atoms with Crippen LogP contribution in [0.25, 0.3) is 6.08 Å². The van der Waals surface area contributed by atoms with Crippen LogP contribution in [0.5, 0.6) is 11.5 Å². The molecule has 1 heterocycles. The third-order valence-corrected chi connectivity index (χ3v) is 3.37. The molecule has 0 atom stereocenters. The smallest absolute Gasteiger partial charge is 0.342 e. The quantitative estimate of drug-likeness (QED) is 0.573. The summed E-state index contributed by atoms with van der Waals surface area (Å²) >= 11 is 0.924. The average Bonchev–Trinajstić information content (AvgIpc) is 2.83. The summed E-state index contributed by atoms with van der Waals surface area (Å²) in [6, 6.07) is 4.62. The minimum absolute atomic E-state index is 0.0403. The monoisotopic (exact) mass is 307 g/mol. The number of aryl methyl sites for hydroxylation is 1. The summed E-state index contributed by atoms with van der Waals surface area (Å²) in [4.78, 5) is 15.4. The number of ether oxygens (including phenoxy) is 1. The van der Waals surface area contributed by atoms with Crippen molar-refractivity contribution in [3.63, 3.8) is 0 Å². The van der Waals surface area contributed by atoms with E-state index in [9.17, 15) is 15.0 Å². The third-order valence-electron chi connectivity index (χ3n) is 2.49. The maximum Gasteiger partial charge on any atom is 0.342 e. The van der Waals surface area contributed by atoms with Crippen LogP contribution < -0.4 is 4.74 Å². The van der Waals surface area contributed by atoms with Gasteiger partial charge in [0.25, 0.3) is 0 Å². The summed E-state index contributed by atoms with van der Waals surface area (Å²) in [5.41, 5.74) is 0.533. The summed E-state index contributed by atoms with van der Waals surface area (Å²) in [5.74, 6) is -0.238. The molecule has 0 aliphatic rings. The first kappa shape index (κ1) is 14.9. The molecule has 2 rings (SSSR count). The topological polar surface area (TPSA) is 108 Å². The number of hydrogen-bond donors (Lipinski definition) is 3. The van der Waals surface area contributed by atoms with Gasteiger partial charge >= 0.3 is 5.97 Å². The molecule has 1 aromatic heterocycles. The van der Waals surface area contributed by atoms with E-state index in [0.717, 1.165) is 11.8 Å². The molecule has 0 saturated heterocycles. The number of aliphatic carboxylic acids is 1. The van der Waals surface area contributed by atoms with E-state index in [-0.39, 0.29) is 10.7 Å². The van der Waals surface area contributed by atoms with E-state index in [1.54, 1.807) is 19.1 Å². The van der Waals surface area contributed by atoms with Gasteiger partial charge in [0.1, 0.15) is 10.7 Å². The number of aromatic amines is 1. The number of aromatic hydroxyl groups is 1. The standard InChI is InChI=1S/C13H13N3O4S/c1-7-14-13(16-15-7)21-11(12(18)19)6-8-3-4-10(20-2)9(17)5-8/h3-6,17H,1-2H3,(H,18,19)(H,14,15,16)/b11-6-. The van der Waals surface area contributed by atoms with Crippen LogP contribution in [0, 0.1) is 6.92 Å². The Balaban J connectivity index is 2.29. The van der Waals surface area contributed by atoms with Crippen molar-refractivity contribution in [1.29, 1.82) is 0 Å². The number of phenols is 1. The number of methoxy groups -OCH3 is 1. The lowest BCUT2D eigenvalue weighted by Crippen LogP contribution is -1.97. The van der Waals surface area contributed by atoms with E-state index in [0.29, 0.717) is 22.3 Å². The van der Waals surface area contributed by atoms with Crippen LogP contribution in [0.2, 0.25) is 0 Å². The van der Waals surface area contributed by atoms with Crippen molar-refractivity contribution in [2.75, 3.05) is 7.11 Å². The molecule has 1 aromatic carbocycles. The van der Waals surface area contributed by atoms with Crippen LogP contribution in [-0.2, 0) is 4.79 Å². The van der Waals surface area contributed by atoms with Crippen LogP contribution in [0.4, 0.5) is 0 Å². The Morgan fingerprint density at radius 1 is 1.48 bits per heavy atom. The van der Waals surface area contributed by atoms with E-state index in [2.05, 4.69) is 15.2 Å². The van der Waals surface area contributed by atoms with Gasteiger partial charge in [-0.1, -0.05) is 6.07 Å². The summed E-state index contributed by atoms with van der Waals surface area (Å²) in [6.07, 6.45) is 1.43.